The van der Waals surface area contributed by atoms with Gasteiger partial charge in [0.25, 0.3) is 5.56 Å². The predicted octanol–water partition coefficient (Wildman–Crippen LogP) is 4.83. The number of rotatable bonds is 8. The van der Waals surface area contributed by atoms with Crippen molar-refractivity contribution in [2.75, 3.05) is 11.9 Å². The maximum Gasteiger partial charge on any atom is 0.335 e. The first kappa shape index (κ1) is 29.3. The molecule has 2 aromatic heterocycles. The number of nitrogens with zero attached hydrogens (tertiary/aromatic N) is 3. The molecule has 0 saturated carbocycles. The van der Waals surface area contributed by atoms with Crippen LogP contribution in [0, 0.1) is 11.3 Å². The molecule has 0 radical (unpaired) electrons. The van der Waals surface area contributed by atoms with Crippen LogP contribution in [0.5, 0.6) is 0 Å². The summed E-state index contributed by atoms with van der Waals surface area (Å²) in [7, 11) is 0. The molecule has 40 heavy (non-hydrogen) atoms. The summed E-state index contributed by atoms with van der Waals surface area (Å²) >= 11 is 0. The van der Waals surface area contributed by atoms with Gasteiger partial charge in [-0.2, -0.15) is 10.4 Å². The molecular formula is C30H40N6O4. The van der Waals surface area contributed by atoms with Crippen molar-refractivity contribution in [3.8, 4) is 6.07 Å². The Labute approximate surface area is 235 Å². The topological polar surface area (TPSA) is 134 Å². The fourth-order valence-electron chi connectivity index (χ4n) is 5.33. The Balaban J connectivity index is 1.66. The molecule has 1 aliphatic rings. The zero-order valence-electron chi connectivity index (χ0n) is 24.4. The van der Waals surface area contributed by atoms with Gasteiger partial charge in [-0.25, -0.2) is 4.79 Å². The predicted molar refractivity (Wildman–Crippen MR) is 154 cm³/mol. The molecule has 1 aromatic carbocycles. The molecule has 0 bridgehead atoms. The number of hydrogen-bond acceptors (Lipinski definition) is 8. The van der Waals surface area contributed by atoms with Crippen molar-refractivity contribution in [3.05, 3.63) is 52.4 Å². The number of ether oxygens (including phenoxy) is 2. The van der Waals surface area contributed by atoms with E-state index in [-0.39, 0.29) is 24.1 Å². The van der Waals surface area contributed by atoms with Gasteiger partial charge in [0.15, 0.2) is 11.9 Å². The third kappa shape index (κ3) is 6.21. The van der Waals surface area contributed by atoms with Gasteiger partial charge in [-0.15, -0.1) is 0 Å². The van der Waals surface area contributed by atoms with Crippen molar-refractivity contribution in [1.82, 2.24) is 20.1 Å². The Bertz CT molecular complexity index is 1450. The van der Waals surface area contributed by atoms with Crippen molar-refractivity contribution in [1.29, 1.82) is 5.26 Å². The monoisotopic (exact) mass is 548 g/mol. The first-order valence-corrected chi connectivity index (χ1v) is 13.7. The number of aromatic nitrogens is 3. The second-order valence-electron chi connectivity index (χ2n) is 12.4. The number of fused-ring (bicyclic) bond motifs is 1. The van der Waals surface area contributed by atoms with Crippen molar-refractivity contribution in [2.24, 2.45) is 0 Å². The zero-order chi connectivity index (χ0) is 29.3. The minimum absolute atomic E-state index is 0.0835. The van der Waals surface area contributed by atoms with Gasteiger partial charge in [-0.1, -0.05) is 26.0 Å². The van der Waals surface area contributed by atoms with Crippen LogP contribution in [0.2, 0.25) is 0 Å². The van der Waals surface area contributed by atoms with Crippen molar-refractivity contribution >= 4 is 28.4 Å². The van der Waals surface area contributed by atoms with Gasteiger partial charge in [0.2, 0.25) is 0 Å². The minimum Gasteiger partial charge on any atom is -0.458 e. The summed E-state index contributed by atoms with van der Waals surface area (Å²) in [6, 6.07) is 12.4. The number of anilines is 2. The van der Waals surface area contributed by atoms with E-state index in [1.165, 1.54) is 0 Å². The summed E-state index contributed by atoms with van der Waals surface area (Å²) in [5.41, 5.74) is 0.515. The maximum absolute atomic E-state index is 13.0. The van der Waals surface area contributed by atoms with E-state index in [1.54, 1.807) is 16.9 Å². The lowest BCUT2D eigenvalue weighted by Gasteiger charge is -2.39. The molecular weight excluding hydrogens is 508 g/mol. The largest absolute Gasteiger partial charge is 0.458 e. The molecule has 4 rings (SSSR count). The van der Waals surface area contributed by atoms with Gasteiger partial charge in [0, 0.05) is 23.5 Å². The molecule has 214 valence electrons. The lowest BCUT2D eigenvalue weighted by atomic mass is 9.87. The van der Waals surface area contributed by atoms with E-state index in [0.29, 0.717) is 35.6 Å². The fraction of sp³-hybridized carbons (Fsp3) is 0.533. The van der Waals surface area contributed by atoms with Crippen LogP contribution >= 0.6 is 0 Å². The van der Waals surface area contributed by atoms with Crippen LogP contribution in [-0.2, 0) is 25.3 Å². The quantitative estimate of drug-likeness (QED) is 0.341. The summed E-state index contributed by atoms with van der Waals surface area (Å²) in [6.45, 7) is 14.0. The molecule has 1 saturated heterocycles. The number of aromatic amines is 1. The minimum atomic E-state index is -0.852. The van der Waals surface area contributed by atoms with Crippen LogP contribution in [0.15, 0.2) is 41.3 Å². The summed E-state index contributed by atoms with van der Waals surface area (Å²) in [5.74, 6) is -0.0341. The van der Waals surface area contributed by atoms with Crippen LogP contribution < -0.4 is 16.2 Å². The summed E-state index contributed by atoms with van der Waals surface area (Å²) in [4.78, 5) is 28.4. The van der Waals surface area contributed by atoms with Crippen LogP contribution in [0.25, 0.3) is 10.9 Å². The summed E-state index contributed by atoms with van der Waals surface area (Å²) < 4.78 is 13.2. The fourth-order valence-corrected chi connectivity index (χ4v) is 5.33. The van der Waals surface area contributed by atoms with E-state index in [2.05, 4.69) is 49.4 Å². The van der Waals surface area contributed by atoms with Gasteiger partial charge in [0.1, 0.15) is 11.0 Å². The Morgan fingerprint density at radius 2 is 1.95 bits per heavy atom. The first-order chi connectivity index (χ1) is 18.7. The van der Waals surface area contributed by atoms with Crippen LogP contribution in [0.3, 0.4) is 0 Å². The number of H-pyrrole nitrogens is 1. The van der Waals surface area contributed by atoms with Gasteiger partial charge >= 0.3 is 5.97 Å². The van der Waals surface area contributed by atoms with E-state index in [1.807, 2.05) is 45.0 Å². The molecule has 10 heteroatoms. The highest BCUT2D eigenvalue weighted by atomic mass is 16.6. The SMILES string of the molecule is CC(C)NC(C)(C)c1ccc(Nc2nn(C3(CC#N)CCC(C(=O)OC(C)(C)C)OC3)c3cc[nH]c(=O)c23)cc1. The second-order valence-corrected chi connectivity index (χ2v) is 12.4. The number of esters is 1. The van der Waals surface area contributed by atoms with E-state index in [9.17, 15) is 14.9 Å². The van der Waals surface area contributed by atoms with Gasteiger partial charge < -0.3 is 25.1 Å². The molecule has 2 unspecified atom stereocenters. The van der Waals surface area contributed by atoms with Gasteiger partial charge in [-0.3, -0.25) is 9.48 Å². The molecule has 2 atom stereocenters. The van der Waals surface area contributed by atoms with Crippen LogP contribution in [0.4, 0.5) is 11.5 Å². The highest BCUT2D eigenvalue weighted by Gasteiger charge is 2.43. The molecule has 3 aromatic rings. The molecule has 0 amide bonds. The Morgan fingerprint density at radius 1 is 1.25 bits per heavy atom. The number of nitrogens with one attached hydrogen (secondary N) is 3. The molecule has 3 N–H and O–H groups in total. The normalized spacial score (nSPS) is 19.9. The third-order valence-electron chi connectivity index (χ3n) is 7.07. The molecule has 0 spiro atoms. The van der Waals surface area contributed by atoms with Gasteiger partial charge in [0.05, 0.1) is 30.2 Å². The second kappa shape index (κ2) is 11.1. The molecule has 3 heterocycles. The Kier molecular flexibility index (Phi) is 8.11. The lowest BCUT2D eigenvalue weighted by Crippen LogP contribution is -2.47. The molecule has 1 fully saturated rings. The Morgan fingerprint density at radius 3 is 2.52 bits per heavy atom. The van der Waals surface area contributed by atoms with Crippen molar-refractivity contribution in [2.45, 2.75) is 96.6 Å². The van der Waals surface area contributed by atoms with E-state index < -0.39 is 23.2 Å². The molecule has 1 aliphatic heterocycles. The van der Waals surface area contributed by atoms with E-state index >= 15 is 0 Å². The highest BCUT2D eigenvalue weighted by Crippen LogP contribution is 2.37. The third-order valence-corrected chi connectivity index (χ3v) is 7.07. The number of pyridine rings is 1. The number of hydrogen-bond donors (Lipinski definition) is 3. The number of benzene rings is 1. The smallest absolute Gasteiger partial charge is 0.335 e. The highest BCUT2D eigenvalue weighted by molar-refractivity contribution is 5.91. The number of carbonyl (C=O) groups excluding carboxylic acids is 1. The van der Waals surface area contributed by atoms with Crippen molar-refractivity contribution in [3.63, 3.8) is 0 Å². The van der Waals surface area contributed by atoms with E-state index in [0.717, 1.165) is 11.3 Å². The molecule has 10 nitrogen and oxygen atoms in total. The summed E-state index contributed by atoms with van der Waals surface area (Å²) in [6.07, 6.45) is 1.77. The van der Waals surface area contributed by atoms with Crippen molar-refractivity contribution < 1.29 is 14.3 Å². The average molecular weight is 549 g/mol. The molecule has 0 aliphatic carbocycles. The van der Waals surface area contributed by atoms with Crippen LogP contribution in [0.1, 0.15) is 73.3 Å². The standard InChI is InChI=1S/C30H40N6O4/c1-19(2)34-29(6,7)20-8-10-21(11-9-20)33-25-24-22(13-17-32-26(24)37)36(35-25)30(15-16-31)14-12-23(39-18-30)27(38)40-28(3,4)5/h8-11,13,17,19,23,34H,12,14-15,18H2,1-7H3,(H,32,37)(H,33,35). The van der Waals surface area contributed by atoms with Gasteiger partial charge in [-0.05, 0) is 71.2 Å². The summed E-state index contributed by atoms with van der Waals surface area (Å²) in [5, 5.41) is 21.8. The number of carbonyl (C=O) groups is 1. The van der Waals surface area contributed by atoms with E-state index in [4.69, 9.17) is 14.6 Å². The zero-order valence-corrected chi connectivity index (χ0v) is 24.4. The van der Waals surface area contributed by atoms with Crippen LogP contribution in [-0.4, -0.2) is 45.1 Å². The first-order valence-electron chi connectivity index (χ1n) is 13.7. The number of nitriles is 1. The maximum atomic E-state index is 13.0. The Hall–Kier alpha value is -3.68. The average Bonchev–Trinajstić information content (AvgIpc) is 3.23. The lowest BCUT2D eigenvalue weighted by molar-refractivity contribution is -0.176.